The maximum atomic E-state index is 13.2. The number of alkyl halides is 3. The first kappa shape index (κ1) is 26.7. The summed E-state index contributed by atoms with van der Waals surface area (Å²) in [6.07, 6.45) is 6.53. The molecule has 5 heteroatoms. The van der Waals surface area contributed by atoms with Gasteiger partial charge < -0.3 is 4.74 Å². The van der Waals surface area contributed by atoms with E-state index < -0.39 is 23.3 Å². The van der Waals surface area contributed by atoms with Crippen molar-refractivity contribution in [3.8, 4) is 0 Å². The smallest absolute Gasteiger partial charge is 0.416 e. The van der Waals surface area contributed by atoms with E-state index >= 15 is 0 Å². The number of hydrogen-bond donors (Lipinski definition) is 0. The van der Waals surface area contributed by atoms with E-state index in [0.29, 0.717) is 12.0 Å². The van der Waals surface area contributed by atoms with Crippen LogP contribution in [0.3, 0.4) is 0 Å². The monoisotopic (exact) mass is 460 g/mol. The van der Waals surface area contributed by atoms with E-state index in [1.807, 2.05) is 6.07 Å². The molecule has 2 aromatic rings. The minimum absolute atomic E-state index is 0.415. The van der Waals surface area contributed by atoms with E-state index in [4.69, 9.17) is 4.74 Å². The molecule has 2 nitrogen and oxygen atoms in total. The molecule has 0 bridgehead atoms. The fraction of sp³-hybridized carbons (Fsp3) is 0.464. The molecule has 0 aliphatic heterocycles. The third-order valence-electron chi connectivity index (χ3n) is 5.28. The zero-order valence-electron chi connectivity index (χ0n) is 19.9. The van der Waals surface area contributed by atoms with Crippen molar-refractivity contribution in [2.24, 2.45) is 0 Å². The lowest BCUT2D eigenvalue weighted by Crippen LogP contribution is -2.22. The van der Waals surface area contributed by atoms with Crippen LogP contribution in [-0.2, 0) is 28.5 Å². The number of benzene rings is 2. The highest BCUT2D eigenvalue weighted by Gasteiger charge is 2.30. The Balaban J connectivity index is 1.85. The maximum Gasteiger partial charge on any atom is 0.416 e. The maximum absolute atomic E-state index is 13.2. The predicted octanol–water partition coefficient (Wildman–Crippen LogP) is 8.19. The van der Waals surface area contributed by atoms with Crippen LogP contribution in [0.1, 0.15) is 81.5 Å². The van der Waals surface area contributed by atoms with Gasteiger partial charge in [-0.1, -0.05) is 62.1 Å². The third kappa shape index (κ3) is 10.7. The van der Waals surface area contributed by atoms with Gasteiger partial charge in [-0.2, -0.15) is 13.2 Å². The van der Waals surface area contributed by atoms with Crippen molar-refractivity contribution in [1.29, 1.82) is 0 Å². The van der Waals surface area contributed by atoms with Gasteiger partial charge in [0, 0.05) is 6.08 Å². The van der Waals surface area contributed by atoms with E-state index in [-0.39, 0.29) is 0 Å². The van der Waals surface area contributed by atoms with Crippen molar-refractivity contribution in [3.05, 3.63) is 76.9 Å². The molecule has 0 N–H and O–H groups in total. The Bertz CT molecular complexity index is 894. The Labute approximate surface area is 195 Å². The molecule has 0 fully saturated rings. The van der Waals surface area contributed by atoms with Gasteiger partial charge in [0.1, 0.15) is 5.60 Å². The summed E-state index contributed by atoms with van der Waals surface area (Å²) in [7, 11) is 0. The Hall–Kier alpha value is -2.56. The zero-order chi connectivity index (χ0) is 24.3. The molecule has 0 saturated carbocycles. The zero-order valence-corrected chi connectivity index (χ0v) is 19.9. The van der Waals surface area contributed by atoms with Gasteiger partial charge in [0.15, 0.2) is 0 Å². The molecule has 0 atom stereocenters. The molecular formula is C28H35F3O2. The number of aryl methyl sites for hydroxylation is 2. The number of esters is 1. The van der Waals surface area contributed by atoms with E-state index in [1.54, 1.807) is 20.8 Å². The number of carbonyl (C=O) groups excluding carboxylic acids is 1. The van der Waals surface area contributed by atoms with Crippen LogP contribution in [0, 0.1) is 0 Å². The van der Waals surface area contributed by atoms with Crippen LogP contribution in [0.5, 0.6) is 0 Å². The van der Waals surface area contributed by atoms with Gasteiger partial charge in [-0.15, -0.1) is 0 Å². The highest BCUT2D eigenvalue weighted by Crippen LogP contribution is 2.31. The van der Waals surface area contributed by atoms with Crippen molar-refractivity contribution in [2.75, 3.05) is 0 Å². The summed E-state index contributed by atoms with van der Waals surface area (Å²) in [5, 5.41) is 0. The second-order valence-electron chi connectivity index (χ2n) is 9.39. The van der Waals surface area contributed by atoms with Crippen molar-refractivity contribution in [1.82, 2.24) is 0 Å². The molecule has 0 saturated heterocycles. The van der Waals surface area contributed by atoms with Gasteiger partial charge >= 0.3 is 12.1 Å². The van der Waals surface area contributed by atoms with Gasteiger partial charge in [-0.05, 0) is 81.4 Å². The molecule has 0 aliphatic carbocycles. The standard InChI is InChI=1S/C28H35F3O2/c1-27(2,3)33-26(32)20-18-24-21-25(28(29,30)31)19-17-23(24)16-12-7-5-4-6-9-13-22-14-10-8-11-15-22/h8,10-11,14-15,17-21H,4-7,9,12-13,16H2,1-3H3. The molecule has 2 aromatic carbocycles. The molecule has 0 aliphatic rings. The van der Waals surface area contributed by atoms with E-state index in [2.05, 4.69) is 24.3 Å². The minimum Gasteiger partial charge on any atom is -0.457 e. The average molecular weight is 461 g/mol. The van der Waals surface area contributed by atoms with Crippen LogP contribution in [0.25, 0.3) is 6.08 Å². The number of unbranched alkanes of at least 4 members (excludes halogenated alkanes) is 5. The Kier molecular flexibility index (Phi) is 10.2. The predicted molar refractivity (Wildman–Crippen MR) is 128 cm³/mol. The Morgan fingerprint density at radius 2 is 1.45 bits per heavy atom. The average Bonchev–Trinajstić information content (AvgIpc) is 2.73. The van der Waals surface area contributed by atoms with Crippen molar-refractivity contribution < 1.29 is 22.7 Å². The Morgan fingerprint density at radius 3 is 2.06 bits per heavy atom. The number of hydrogen-bond acceptors (Lipinski definition) is 2. The van der Waals surface area contributed by atoms with E-state index in [1.165, 1.54) is 36.6 Å². The number of rotatable bonds is 11. The summed E-state index contributed by atoms with van der Waals surface area (Å²) >= 11 is 0. The van der Waals surface area contributed by atoms with Gasteiger partial charge in [0.05, 0.1) is 5.56 Å². The van der Waals surface area contributed by atoms with Crippen molar-refractivity contribution in [3.63, 3.8) is 0 Å². The summed E-state index contributed by atoms with van der Waals surface area (Å²) in [6, 6.07) is 14.2. The highest BCUT2D eigenvalue weighted by molar-refractivity contribution is 5.87. The van der Waals surface area contributed by atoms with Crippen LogP contribution in [-0.4, -0.2) is 11.6 Å². The van der Waals surface area contributed by atoms with Crippen LogP contribution >= 0.6 is 0 Å². The van der Waals surface area contributed by atoms with Crippen molar-refractivity contribution >= 4 is 12.0 Å². The fourth-order valence-corrected chi connectivity index (χ4v) is 3.64. The number of halogens is 3. The lowest BCUT2D eigenvalue weighted by atomic mass is 9.97. The molecule has 2 rings (SSSR count). The van der Waals surface area contributed by atoms with Crippen LogP contribution in [0.2, 0.25) is 0 Å². The third-order valence-corrected chi connectivity index (χ3v) is 5.28. The molecule has 0 aromatic heterocycles. The second-order valence-corrected chi connectivity index (χ2v) is 9.39. The van der Waals surface area contributed by atoms with Crippen LogP contribution in [0.4, 0.5) is 13.2 Å². The van der Waals surface area contributed by atoms with Gasteiger partial charge in [-0.3, -0.25) is 0 Å². The lowest BCUT2D eigenvalue weighted by molar-refractivity contribution is -0.148. The molecular weight excluding hydrogens is 425 g/mol. The summed E-state index contributed by atoms with van der Waals surface area (Å²) < 4.78 is 44.7. The first-order valence-electron chi connectivity index (χ1n) is 11.7. The molecule has 0 amide bonds. The molecule has 180 valence electrons. The normalized spacial score (nSPS) is 12.3. The van der Waals surface area contributed by atoms with Gasteiger partial charge in [-0.25, -0.2) is 4.79 Å². The number of carbonyl (C=O) groups is 1. The Morgan fingerprint density at radius 1 is 0.848 bits per heavy atom. The van der Waals surface area contributed by atoms with Gasteiger partial charge in [0.25, 0.3) is 0 Å². The molecule has 0 radical (unpaired) electrons. The summed E-state index contributed by atoms with van der Waals surface area (Å²) in [6.45, 7) is 5.24. The largest absolute Gasteiger partial charge is 0.457 e. The highest BCUT2D eigenvalue weighted by atomic mass is 19.4. The lowest BCUT2D eigenvalue weighted by Gasteiger charge is -2.18. The first-order chi connectivity index (χ1) is 15.5. The van der Waals surface area contributed by atoms with E-state index in [9.17, 15) is 18.0 Å². The fourth-order valence-electron chi connectivity index (χ4n) is 3.64. The van der Waals surface area contributed by atoms with E-state index in [0.717, 1.165) is 49.8 Å². The topological polar surface area (TPSA) is 26.3 Å². The molecule has 0 heterocycles. The summed E-state index contributed by atoms with van der Waals surface area (Å²) in [5.41, 5.74) is 1.23. The minimum atomic E-state index is -4.42. The summed E-state index contributed by atoms with van der Waals surface area (Å²) in [4.78, 5) is 12.0. The molecule has 33 heavy (non-hydrogen) atoms. The summed E-state index contributed by atoms with van der Waals surface area (Å²) in [5.74, 6) is -0.568. The molecule has 0 spiro atoms. The second kappa shape index (κ2) is 12.6. The quantitative estimate of drug-likeness (QED) is 0.192. The van der Waals surface area contributed by atoms with Crippen LogP contribution in [0.15, 0.2) is 54.6 Å². The van der Waals surface area contributed by atoms with Crippen molar-refractivity contribution in [2.45, 2.75) is 83.9 Å². The van der Waals surface area contributed by atoms with Crippen LogP contribution < -0.4 is 0 Å². The van der Waals surface area contributed by atoms with Gasteiger partial charge in [0.2, 0.25) is 0 Å². The number of ether oxygens (including phenoxy) is 1. The SMILES string of the molecule is CC(C)(C)OC(=O)C=Cc1cc(C(F)(F)F)ccc1CCCCCCCCc1ccccc1. The molecule has 0 unspecified atom stereocenters. The first-order valence-corrected chi connectivity index (χ1v) is 11.7.